The molecule has 0 spiro atoms. The lowest BCUT2D eigenvalue weighted by Crippen LogP contribution is -2.43. The molecule has 3 heterocycles. The van der Waals surface area contributed by atoms with Crippen molar-refractivity contribution in [3.63, 3.8) is 0 Å². The number of halogens is 2. The molecule has 0 radical (unpaired) electrons. The Hall–Kier alpha value is -1.94. The predicted molar refractivity (Wildman–Crippen MR) is 129 cm³/mol. The van der Waals surface area contributed by atoms with Crippen molar-refractivity contribution in [2.45, 2.75) is 25.8 Å². The van der Waals surface area contributed by atoms with Crippen molar-refractivity contribution in [1.29, 1.82) is 0 Å². The minimum atomic E-state index is -0.239. The summed E-state index contributed by atoms with van der Waals surface area (Å²) in [6, 6.07) is 8.97. The Kier molecular flexibility index (Phi) is 8.26. The molecule has 8 heteroatoms. The summed E-state index contributed by atoms with van der Waals surface area (Å²) in [6.07, 6.45) is 8.39. The van der Waals surface area contributed by atoms with Gasteiger partial charge in [-0.15, -0.1) is 24.0 Å². The first-order valence-electron chi connectivity index (χ1n) is 10.5. The van der Waals surface area contributed by atoms with E-state index in [9.17, 15) is 4.39 Å². The standard InChI is InChI=1S/C22H29FN6.HI/c1-2-24-22(28-15-11-21(17-28)27-13-3-4-14-27)25-12-9-19-10-16-29(26-19)20-7-5-18(23)6-8-20;/h3-8,10,16,21H,2,9,11-15,17H2,1H3,(H,24,25);1H. The summed E-state index contributed by atoms with van der Waals surface area (Å²) >= 11 is 0. The van der Waals surface area contributed by atoms with Crippen molar-refractivity contribution in [3.05, 3.63) is 60.2 Å². The zero-order chi connectivity index (χ0) is 20.1. The molecular weight excluding hydrogens is 494 g/mol. The van der Waals surface area contributed by atoms with Crippen LogP contribution in [-0.2, 0) is 6.42 Å². The van der Waals surface area contributed by atoms with Crippen LogP contribution >= 0.6 is 24.0 Å². The van der Waals surface area contributed by atoms with E-state index in [0.717, 1.165) is 56.5 Å². The van der Waals surface area contributed by atoms with Crippen molar-refractivity contribution in [3.8, 4) is 5.69 Å². The van der Waals surface area contributed by atoms with E-state index < -0.39 is 0 Å². The van der Waals surface area contributed by atoms with Gasteiger partial charge in [0.05, 0.1) is 11.4 Å². The van der Waals surface area contributed by atoms with Crippen LogP contribution in [0.15, 0.2) is 53.7 Å². The summed E-state index contributed by atoms with van der Waals surface area (Å²) in [5, 5.41) is 8.03. The zero-order valence-corrected chi connectivity index (χ0v) is 19.7. The second kappa shape index (κ2) is 10.9. The number of hydrogen-bond donors (Lipinski definition) is 1. The molecule has 2 aliphatic heterocycles. The molecule has 0 saturated carbocycles. The Morgan fingerprint density at radius 2 is 1.97 bits per heavy atom. The number of hydrogen-bond acceptors (Lipinski definition) is 3. The van der Waals surface area contributed by atoms with E-state index in [2.05, 4.69) is 39.3 Å². The first-order valence-corrected chi connectivity index (χ1v) is 10.5. The molecule has 4 rings (SSSR count). The topological polar surface area (TPSA) is 48.7 Å². The Labute approximate surface area is 194 Å². The van der Waals surface area contributed by atoms with Gasteiger partial charge in [-0.1, -0.05) is 12.2 Å². The van der Waals surface area contributed by atoms with Gasteiger partial charge >= 0.3 is 0 Å². The van der Waals surface area contributed by atoms with E-state index >= 15 is 0 Å². The summed E-state index contributed by atoms with van der Waals surface area (Å²) in [5.74, 6) is 0.761. The van der Waals surface area contributed by atoms with Gasteiger partial charge in [-0.05, 0) is 43.7 Å². The van der Waals surface area contributed by atoms with Gasteiger partial charge in [0.15, 0.2) is 5.96 Å². The van der Waals surface area contributed by atoms with Crippen LogP contribution in [0.1, 0.15) is 19.0 Å². The molecule has 1 aromatic carbocycles. The first kappa shape index (κ1) is 22.7. The zero-order valence-electron chi connectivity index (χ0n) is 17.4. The van der Waals surface area contributed by atoms with Crippen LogP contribution in [0, 0.1) is 5.82 Å². The van der Waals surface area contributed by atoms with Gasteiger partial charge in [0.1, 0.15) is 5.82 Å². The Balaban J connectivity index is 0.00000256. The molecule has 2 aromatic rings. The monoisotopic (exact) mass is 524 g/mol. The smallest absolute Gasteiger partial charge is 0.193 e. The maximum absolute atomic E-state index is 13.1. The van der Waals surface area contributed by atoms with Crippen LogP contribution in [0.4, 0.5) is 4.39 Å². The third-order valence-electron chi connectivity index (χ3n) is 5.53. The normalized spacial score (nSPS) is 19.3. The number of aliphatic imine (C=N–C) groups is 1. The van der Waals surface area contributed by atoms with Gasteiger partial charge in [-0.2, -0.15) is 5.10 Å². The van der Waals surface area contributed by atoms with Gasteiger partial charge in [-0.3, -0.25) is 9.89 Å². The molecule has 0 bridgehead atoms. The molecule has 0 amide bonds. The minimum absolute atomic E-state index is 0. The van der Waals surface area contributed by atoms with Crippen molar-refractivity contribution < 1.29 is 4.39 Å². The Bertz CT molecular complexity index is 855. The molecule has 1 saturated heterocycles. The lowest BCUT2D eigenvalue weighted by molar-refractivity contribution is 0.259. The number of nitrogens with zero attached hydrogens (tertiary/aromatic N) is 5. The highest BCUT2D eigenvalue weighted by molar-refractivity contribution is 14.0. The van der Waals surface area contributed by atoms with E-state index in [0.29, 0.717) is 12.6 Å². The highest BCUT2D eigenvalue weighted by atomic mass is 127. The molecular formula is C22H30FIN6. The van der Waals surface area contributed by atoms with Crippen LogP contribution < -0.4 is 5.32 Å². The van der Waals surface area contributed by atoms with E-state index in [1.807, 2.05) is 12.3 Å². The Morgan fingerprint density at radius 1 is 1.20 bits per heavy atom. The van der Waals surface area contributed by atoms with E-state index in [1.165, 1.54) is 18.6 Å². The molecule has 1 aromatic heterocycles. The third-order valence-corrected chi connectivity index (χ3v) is 5.53. The second-order valence-corrected chi connectivity index (χ2v) is 7.53. The fourth-order valence-electron chi connectivity index (χ4n) is 3.96. The Morgan fingerprint density at radius 3 is 2.70 bits per heavy atom. The molecule has 30 heavy (non-hydrogen) atoms. The number of likely N-dealkylation sites (tertiary alicyclic amines) is 1. The molecule has 2 aliphatic rings. The van der Waals surface area contributed by atoms with Crippen LogP contribution in [-0.4, -0.2) is 70.9 Å². The summed E-state index contributed by atoms with van der Waals surface area (Å²) < 4.78 is 14.9. The van der Waals surface area contributed by atoms with Crippen molar-refractivity contribution >= 4 is 29.9 Å². The molecule has 0 aliphatic carbocycles. The quantitative estimate of drug-likeness (QED) is 0.273. The van der Waals surface area contributed by atoms with Crippen molar-refractivity contribution in [2.75, 3.05) is 39.3 Å². The molecule has 1 fully saturated rings. The average Bonchev–Trinajstić information content (AvgIpc) is 3.48. The summed E-state index contributed by atoms with van der Waals surface area (Å²) in [7, 11) is 0. The lowest BCUT2D eigenvalue weighted by atomic mass is 10.2. The van der Waals surface area contributed by atoms with Crippen LogP contribution in [0.3, 0.4) is 0 Å². The minimum Gasteiger partial charge on any atom is -0.357 e. The number of guanidine groups is 1. The van der Waals surface area contributed by atoms with Crippen molar-refractivity contribution in [2.24, 2.45) is 4.99 Å². The van der Waals surface area contributed by atoms with E-state index in [4.69, 9.17) is 4.99 Å². The van der Waals surface area contributed by atoms with Crippen molar-refractivity contribution in [1.82, 2.24) is 24.9 Å². The van der Waals surface area contributed by atoms with Gasteiger partial charge in [0.25, 0.3) is 0 Å². The first-order chi connectivity index (χ1) is 14.2. The largest absolute Gasteiger partial charge is 0.357 e. The molecule has 1 unspecified atom stereocenters. The third kappa shape index (κ3) is 5.60. The van der Waals surface area contributed by atoms with Crippen LogP contribution in [0.5, 0.6) is 0 Å². The highest BCUT2D eigenvalue weighted by Crippen LogP contribution is 2.18. The van der Waals surface area contributed by atoms with Crippen LogP contribution in [0.25, 0.3) is 5.69 Å². The maximum atomic E-state index is 13.1. The van der Waals surface area contributed by atoms with Crippen LogP contribution in [0.2, 0.25) is 0 Å². The average molecular weight is 524 g/mol. The SMILES string of the molecule is CCNC(=NCCc1ccn(-c2ccc(F)cc2)n1)N1CCC(N2CC=CC2)C1.I. The lowest BCUT2D eigenvalue weighted by Gasteiger charge is -2.25. The van der Waals surface area contributed by atoms with Gasteiger partial charge in [0, 0.05) is 57.9 Å². The fraction of sp³-hybridized carbons (Fsp3) is 0.455. The molecule has 1 atom stereocenters. The molecule has 1 N–H and O–H groups in total. The highest BCUT2D eigenvalue weighted by Gasteiger charge is 2.29. The predicted octanol–water partition coefficient (Wildman–Crippen LogP) is 3.08. The number of aromatic nitrogens is 2. The number of nitrogens with one attached hydrogen (secondary N) is 1. The maximum Gasteiger partial charge on any atom is 0.193 e. The van der Waals surface area contributed by atoms with Gasteiger partial charge < -0.3 is 10.2 Å². The van der Waals surface area contributed by atoms with E-state index in [-0.39, 0.29) is 29.8 Å². The van der Waals surface area contributed by atoms with Gasteiger partial charge in [0.2, 0.25) is 0 Å². The molecule has 162 valence electrons. The summed E-state index contributed by atoms with van der Waals surface area (Å²) in [6.45, 7) is 7.89. The summed E-state index contributed by atoms with van der Waals surface area (Å²) in [4.78, 5) is 9.76. The number of rotatable bonds is 6. The van der Waals surface area contributed by atoms with E-state index in [1.54, 1.807) is 16.8 Å². The summed E-state index contributed by atoms with van der Waals surface area (Å²) in [5.41, 5.74) is 1.84. The molecule has 6 nitrogen and oxygen atoms in total. The second-order valence-electron chi connectivity index (χ2n) is 7.53. The van der Waals surface area contributed by atoms with Gasteiger partial charge in [-0.25, -0.2) is 9.07 Å². The number of benzene rings is 1. The fourth-order valence-corrected chi connectivity index (χ4v) is 3.96.